The molecule has 0 unspecified atom stereocenters. The van der Waals surface area contributed by atoms with Crippen LogP contribution in [0.5, 0.6) is 5.75 Å². The summed E-state index contributed by atoms with van der Waals surface area (Å²) in [6.45, 7) is -0.197. The van der Waals surface area contributed by atoms with Crippen LogP contribution in [0, 0.1) is 0 Å². The zero-order chi connectivity index (χ0) is 30.1. The summed E-state index contributed by atoms with van der Waals surface area (Å²) in [5, 5.41) is 14.9. The van der Waals surface area contributed by atoms with Gasteiger partial charge in [0.1, 0.15) is 30.6 Å². The van der Waals surface area contributed by atoms with Gasteiger partial charge >= 0.3 is 0 Å². The van der Waals surface area contributed by atoms with E-state index >= 15 is 0 Å². The molecule has 42 heavy (non-hydrogen) atoms. The summed E-state index contributed by atoms with van der Waals surface area (Å²) in [5.74, 6) is -2.28. The van der Waals surface area contributed by atoms with Crippen molar-refractivity contribution in [3.05, 3.63) is 102 Å². The smallest absolute Gasteiger partial charge is 0.245 e. The number of hydrogen-bond acceptors (Lipinski definition) is 7. The lowest BCUT2D eigenvalue weighted by Gasteiger charge is -2.27. The predicted molar refractivity (Wildman–Crippen MR) is 155 cm³/mol. The molecule has 1 heterocycles. The zero-order valence-electron chi connectivity index (χ0n) is 23.0. The SMILES string of the molecule is NC(=O)[C@H](Cc1ccccc1)NC(=O)[C@H](Cc1ccccc1)NC(=O)[C@@H]1COCN1C(=O)[C@@H](N)Cc1ccc(O)cc1. The molecule has 0 bridgehead atoms. The Balaban J connectivity index is 1.46. The van der Waals surface area contributed by atoms with Crippen LogP contribution in [-0.4, -0.2) is 71.1 Å². The molecule has 0 saturated carbocycles. The van der Waals surface area contributed by atoms with Gasteiger partial charge in [-0.2, -0.15) is 0 Å². The van der Waals surface area contributed by atoms with E-state index in [1.165, 1.54) is 17.0 Å². The molecular weight excluding hydrogens is 538 g/mol. The molecule has 1 fully saturated rings. The minimum atomic E-state index is -1.07. The first-order valence-electron chi connectivity index (χ1n) is 13.6. The highest BCUT2D eigenvalue weighted by molar-refractivity contribution is 5.95. The first kappa shape index (κ1) is 30.2. The second-order valence-corrected chi connectivity index (χ2v) is 10.2. The lowest BCUT2D eigenvalue weighted by atomic mass is 10.0. The molecule has 7 N–H and O–H groups in total. The average molecular weight is 574 g/mol. The molecule has 3 aromatic carbocycles. The van der Waals surface area contributed by atoms with Crippen molar-refractivity contribution in [3.63, 3.8) is 0 Å². The van der Waals surface area contributed by atoms with Gasteiger partial charge in [0.2, 0.25) is 23.6 Å². The second kappa shape index (κ2) is 14.2. The number of phenolic OH excluding ortho intramolecular Hbond substituents is 1. The summed E-state index contributed by atoms with van der Waals surface area (Å²) in [6, 6.07) is 20.5. The molecule has 4 rings (SSSR count). The number of carbonyl (C=O) groups excluding carboxylic acids is 4. The van der Waals surface area contributed by atoms with Gasteiger partial charge in [-0.05, 0) is 35.2 Å². The third kappa shape index (κ3) is 8.15. The van der Waals surface area contributed by atoms with Crippen LogP contribution in [0.4, 0.5) is 0 Å². The summed E-state index contributed by atoms with van der Waals surface area (Å²) in [4.78, 5) is 53.6. The molecule has 1 aliphatic rings. The number of nitrogens with one attached hydrogen (secondary N) is 2. The van der Waals surface area contributed by atoms with Crippen LogP contribution in [-0.2, 0) is 43.2 Å². The summed E-state index contributed by atoms with van der Waals surface area (Å²) in [6.07, 6.45) is 0.515. The number of ether oxygens (including phenoxy) is 1. The van der Waals surface area contributed by atoms with Crippen molar-refractivity contribution >= 4 is 23.6 Å². The Hall–Kier alpha value is -4.74. The molecule has 0 aliphatic carbocycles. The van der Waals surface area contributed by atoms with Gasteiger partial charge in [-0.1, -0.05) is 72.8 Å². The van der Waals surface area contributed by atoms with E-state index in [1.54, 1.807) is 12.1 Å². The molecule has 11 heteroatoms. The van der Waals surface area contributed by atoms with E-state index < -0.39 is 47.8 Å². The lowest BCUT2D eigenvalue weighted by Crippen LogP contribution is -2.58. The topological polar surface area (TPSA) is 177 Å². The van der Waals surface area contributed by atoms with E-state index in [1.807, 2.05) is 60.7 Å². The molecule has 3 aromatic rings. The second-order valence-electron chi connectivity index (χ2n) is 10.2. The van der Waals surface area contributed by atoms with Gasteiger partial charge in [-0.3, -0.25) is 19.2 Å². The minimum Gasteiger partial charge on any atom is -0.508 e. The fourth-order valence-corrected chi connectivity index (χ4v) is 4.74. The third-order valence-electron chi connectivity index (χ3n) is 7.04. The van der Waals surface area contributed by atoms with Crippen molar-refractivity contribution < 1.29 is 29.0 Å². The number of phenols is 1. The van der Waals surface area contributed by atoms with Crippen molar-refractivity contribution in [2.45, 2.75) is 43.4 Å². The average Bonchev–Trinajstić information content (AvgIpc) is 3.48. The number of rotatable bonds is 12. The van der Waals surface area contributed by atoms with Crippen molar-refractivity contribution in [2.75, 3.05) is 13.3 Å². The van der Waals surface area contributed by atoms with Gasteiger partial charge in [0, 0.05) is 12.8 Å². The van der Waals surface area contributed by atoms with Crippen molar-refractivity contribution in [1.29, 1.82) is 0 Å². The molecule has 0 spiro atoms. The maximum absolute atomic E-state index is 13.5. The fourth-order valence-electron chi connectivity index (χ4n) is 4.74. The van der Waals surface area contributed by atoms with Gasteiger partial charge in [0.25, 0.3) is 0 Å². The molecule has 1 saturated heterocycles. The van der Waals surface area contributed by atoms with E-state index in [2.05, 4.69) is 10.6 Å². The Labute approximate surface area is 243 Å². The Morgan fingerprint density at radius 3 is 1.93 bits per heavy atom. The Bertz CT molecular complexity index is 1370. The van der Waals surface area contributed by atoms with E-state index in [-0.39, 0.29) is 38.3 Å². The van der Waals surface area contributed by atoms with E-state index in [0.29, 0.717) is 0 Å². The third-order valence-corrected chi connectivity index (χ3v) is 7.04. The van der Waals surface area contributed by atoms with Crippen molar-refractivity contribution in [3.8, 4) is 5.75 Å². The number of nitrogens with zero attached hydrogens (tertiary/aromatic N) is 1. The van der Waals surface area contributed by atoms with Crippen LogP contribution in [0.2, 0.25) is 0 Å². The number of benzene rings is 3. The highest BCUT2D eigenvalue weighted by Crippen LogP contribution is 2.16. The van der Waals surface area contributed by atoms with Gasteiger partial charge in [0.15, 0.2) is 0 Å². The quantitative estimate of drug-likeness (QED) is 0.208. The van der Waals surface area contributed by atoms with Crippen LogP contribution in [0.1, 0.15) is 16.7 Å². The molecule has 220 valence electrons. The number of nitrogens with two attached hydrogens (primary N) is 2. The molecule has 11 nitrogen and oxygen atoms in total. The predicted octanol–water partition coefficient (Wildman–Crippen LogP) is 0.387. The van der Waals surface area contributed by atoms with Crippen LogP contribution in [0.3, 0.4) is 0 Å². The van der Waals surface area contributed by atoms with Gasteiger partial charge in [-0.15, -0.1) is 0 Å². The van der Waals surface area contributed by atoms with Gasteiger partial charge in [0.05, 0.1) is 12.6 Å². The molecular formula is C31H35N5O6. The Morgan fingerprint density at radius 1 is 0.810 bits per heavy atom. The minimum absolute atomic E-state index is 0.0684. The Morgan fingerprint density at radius 2 is 1.36 bits per heavy atom. The lowest BCUT2D eigenvalue weighted by molar-refractivity contribution is -0.140. The molecule has 4 amide bonds. The summed E-state index contributed by atoms with van der Waals surface area (Å²) in [7, 11) is 0. The van der Waals surface area contributed by atoms with Crippen molar-refractivity contribution in [1.82, 2.24) is 15.5 Å². The maximum atomic E-state index is 13.5. The van der Waals surface area contributed by atoms with Gasteiger partial charge in [-0.25, -0.2) is 0 Å². The number of carbonyl (C=O) groups is 4. The number of amides is 4. The summed E-state index contributed by atoms with van der Waals surface area (Å²) in [5.41, 5.74) is 14.1. The molecule has 1 aliphatic heterocycles. The number of primary amides is 1. The van der Waals surface area contributed by atoms with Crippen LogP contribution in [0.15, 0.2) is 84.9 Å². The highest BCUT2D eigenvalue weighted by Gasteiger charge is 2.39. The highest BCUT2D eigenvalue weighted by atomic mass is 16.5. The summed E-state index contributed by atoms with van der Waals surface area (Å²) < 4.78 is 5.44. The maximum Gasteiger partial charge on any atom is 0.245 e. The zero-order valence-corrected chi connectivity index (χ0v) is 23.0. The number of aromatic hydroxyl groups is 1. The fraction of sp³-hybridized carbons (Fsp3) is 0.290. The summed E-state index contributed by atoms with van der Waals surface area (Å²) >= 11 is 0. The Kier molecular flexibility index (Phi) is 10.2. The van der Waals surface area contributed by atoms with Gasteiger partial charge < -0.3 is 36.8 Å². The first-order chi connectivity index (χ1) is 20.2. The number of hydrogen-bond donors (Lipinski definition) is 5. The van der Waals surface area contributed by atoms with Crippen LogP contribution in [0.25, 0.3) is 0 Å². The van der Waals surface area contributed by atoms with E-state index in [9.17, 15) is 24.3 Å². The van der Waals surface area contributed by atoms with Crippen molar-refractivity contribution in [2.24, 2.45) is 11.5 Å². The van der Waals surface area contributed by atoms with E-state index in [4.69, 9.17) is 16.2 Å². The molecule has 0 aromatic heterocycles. The molecule has 0 radical (unpaired) electrons. The molecule has 4 atom stereocenters. The standard InChI is InChI=1S/C31H35N5O6/c32-24(15-22-11-13-23(37)14-12-22)31(41)36-19-42-18-27(36)30(40)35-26(17-21-9-5-2-6-10-21)29(39)34-25(28(33)38)16-20-7-3-1-4-8-20/h1-14,24-27,37H,15-19,32H2,(H2,33,38)(H,34,39)(H,35,40)/t24-,25-,26-,27-/m0/s1. The van der Waals surface area contributed by atoms with Crippen LogP contribution >= 0.6 is 0 Å². The normalized spacial score (nSPS) is 16.7. The van der Waals surface area contributed by atoms with Crippen LogP contribution < -0.4 is 22.1 Å². The largest absolute Gasteiger partial charge is 0.508 e. The van der Waals surface area contributed by atoms with E-state index in [0.717, 1.165) is 16.7 Å². The first-order valence-corrected chi connectivity index (χ1v) is 13.6. The monoisotopic (exact) mass is 573 g/mol.